The van der Waals surface area contributed by atoms with Crippen molar-refractivity contribution in [1.29, 1.82) is 0 Å². The molecule has 1 aromatic carbocycles. The third kappa shape index (κ3) is 4.32. The van der Waals surface area contributed by atoms with Crippen LogP contribution in [0.1, 0.15) is 13.8 Å². The zero-order valence-corrected chi connectivity index (χ0v) is 13.8. The molecule has 0 saturated carbocycles. The summed E-state index contributed by atoms with van der Waals surface area (Å²) in [6.07, 6.45) is 3.07. The fourth-order valence-electron chi connectivity index (χ4n) is 1.96. The lowest BCUT2D eigenvalue weighted by Gasteiger charge is -2.13. The van der Waals surface area contributed by atoms with Crippen LogP contribution in [0, 0.1) is 0 Å². The first-order chi connectivity index (χ1) is 11.7. The molecule has 0 spiro atoms. The standard InChI is InChI=1S/C16H21N5O3/c1-4-9-18-20-15-17-11-21(16(22)19-15)12-7-8-13(23-5-2)14(10-12)24-6-3/h4,7-8,10-11,18H,1,5-6,9H2,2-3H3,(H,19,20,22). The third-order valence-corrected chi connectivity index (χ3v) is 2.95. The first kappa shape index (κ1) is 17.5. The van der Waals surface area contributed by atoms with Crippen LogP contribution in [-0.4, -0.2) is 34.3 Å². The van der Waals surface area contributed by atoms with Crippen LogP contribution in [0.4, 0.5) is 5.95 Å². The van der Waals surface area contributed by atoms with Gasteiger partial charge in [-0.05, 0) is 26.0 Å². The zero-order valence-electron chi connectivity index (χ0n) is 13.8. The highest BCUT2D eigenvalue weighted by atomic mass is 16.5. The second-order valence-electron chi connectivity index (χ2n) is 4.62. The first-order valence-corrected chi connectivity index (χ1v) is 7.65. The van der Waals surface area contributed by atoms with E-state index in [9.17, 15) is 4.79 Å². The first-order valence-electron chi connectivity index (χ1n) is 7.65. The van der Waals surface area contributed by atoms with Crippen molar-refractivity contribution < 1.29 is 9.47 Å². The Balaban J connectivity index is 2.28. The molecule has 0 amide bonds. The molecular weight excluding hydrogens is 310 g/mol. The Labute approximate surface area is 140 Å². The van der Waals surface area contributed by atoms with Gasteiger partial charge in [-0.15, -0.1) is 6.58 Å². The van der Waals surface area contributed by atoms with Crippen LogP contribution >= 0.6 is 0 Å². The van der Waals surface area contributed by atoms with E-state index in [0.29, 0.717) is 36.9 Å². The highest BCUT2D eigenvalue weighted by Crippen LogP contribution is 2.29. The molecule has 1 heterocycles. The maximum Gasteiger partial charge on any atom is 0.356 e. The van der Waals surface area contributed by atoms with Crippen LogP contribution in [0.5, 0.6) is 11.5 Å². The molecule has 8 heteroatoms. The maximum atomic E-state index is 12.2. The van der Waals surface area contributed by atoms with Gasteiger partial charge in [-0.3, -0.25) is 9.99 Å². The van der Waals surface area contributed by atoms with Gasteiger partial charge in [-0.25, -0.2) is 15.2 Å². The van der Waals surface area contributed by atoms with Crippen LogP contribution in [0.15, 0.2) is 42.0 Å². The number of rotatable bonds is 9. The fourth-order valence-corrected chi connectivity index (χ4v) is 1.96. The Hall–Kier alpha value is -2.87. The van der Waals surface area contributed by atoms with Gasteiger partial charge < -0.3 is 9.47 Å². The molecule has 0 atom stereocenters. The summed E-state index contributed by atoms with van der Waals surface area (Å²) in [5, 5.41) is 0. The van der Waals surface area contributed by atoms with Crippen molar-refractivity contribution in [3.05, 3.63) is 47.7 Å². The van der Waals surface area contributed by atoms with Crippen molar-refractivity contribution >= 4 is 5.95 Å². The maximum absolute atomic E-state index is 12.2. The van der Waals surface area contributed by atoms with E-state index in [4.69, 9.17) is 9.47 Å². The van der Waals surface area contributed by atoms with Crippen LogP contribution in [0.3, 0.4) is 0 Å². The van der Waals surface area contributed by atoms with E-state index in [0.717, 1.165) is 0 Å². The quantitative estimate of drug-likeness (QED) is 0.409. The number of anilines is 1. The summed E-state index contributed by atoms with van der Waals surface area (Å²) in [5.74, 6) is 1.39. The minimum Gasteiger partial charge on any atom is -0.490 e. The normalized spacial score (nSPS) is 10.2. The molecule has 0 saturated heterocycles. The van der Waals surface area contributed by atoms with E-state index in [-0.39, 0.29) is 5.95 Å². The third-order valence-electron chi connectivity index (χ3n) is 2.95. The molecule has 2 N–H and O–H groups in total. The topological polar surface area (TPSA) is 90.3 Å². The second-order valence-corrected chi connectivity index (χ2v) is 4.62. The molecule has 0 fully saturated rings. The number of ether oxygens (including phenoxy) is 2. The molecule has 0 aliphatic heterocycles. The van der Waals surface area contributed by atoms with Crippen molar-refractivity contribution in [3.8, 4) is 17.2 Å². The van der Waals surface area contributed by atoms with Gasteiger partial charge in [0.2, 0.25) is 5.95 Å². The molecule has 0 unspecified atom stereocenters. The minimum absolute atomic E-state index is 0.189. The smallest absolute Gasteiger partial charge is 0.356 e. The van der Waals surface area contributed by atoms with E-state index >= 15 is 0 Å². The Morgan fingerprint density at radius 2 is 2.00 bits per heavy atom. The van der Waals surface area contributed by atoms with Crippen molar-refractivity contribution in [1.82, 2.24) is 20.0 Å². The summed E-state index contributed by atoms with van der Waals surface area (Å²) in [5.41, 5.74) is 5.66. The van der Waals surface area contributed by atoms with Gasteiger partial charge in [0.1, 0.15) is 6.33 Å². The number of hydrogen-bond acceptors (Lipinski definition) is 7. The molecule has 128 valence electrons. The highest BCUT2D eigenvalue weighted by Gasteiger charge is 2.09. The van der Waals surface area contributed by atoms with Gasteiger partial charge in [0.05, 0.1) is 18.9 Å². The van der Waals surface area contributed by atoms with Crippen molar-refractivity contribution in [2.75, 3.05) is 25.2 Å². The summed E-state index contributed by atoms with van der Waals surface area (Å²) < 4.78 is 12.4. The summed E-state index contributed by atoms with van der Waals surface area (Å²) in [7, 11) is 0. The Morgan fingerprint density at radius 3 is 2.67 bits per heavy atom. The van der Waals surface area contributed by atoms with E-state index in [2.05, 4.69) is 27.4 Å². The number of benzene rings is 1. The molecule has 2 aromatic rings. The molecule has 0 bridgehead atoms. The van der Waals surface area contributed by atoms with Crippen molar-refractivity contribution in [2.45, 2.75) is 13.8 Å². The molecular formula is C16H21N5O3. The van der Waals surface area contributed by atoms with Crippen LogP contribution in [0.25, 0.3) is 5.69 Å². The monoisotopic (exact) mass is 331 g/mol. The Kier molecular flexibility index (Phi) is 6.32. The van der Waals surface area contributed by atoms with Gasteiger partial charge in [-0.1, -0.05) is 6.08 Å². The van der Waals surface area contributed by atoms with Crippen molar-refractivity contribution in [3.63, 3.8) is 0 Å². The molecule has 0 radical (unpaired) electrons. The summed E-state index contributed by atoms with van der Waals surface area (Å²) in [6, 6.07) is 5.23. The van der Waals surface area contributed by atoms with E-state index < -0.39 is 5.69 Å². The minimum atomic E-state index is -0.459. The Bertz CT molecular complexity index is 745. The predicted octanol–water partition coefficient (Wildman–Crippen LogP) is 1.53. The van der Waals surface area contributed by atoms with Gasteiger partial charge in [-0.2, -0.15) is 4.98 Å². The van der Waals surface area contributed by atoms with Gasteiger partial charge in [0.25, 0.3) is 0 Å². The van der Waals surface area contributed by atoms with E-state index in [1.54, 1.807) is 24.3 Å². The average Bonchev–Trinajstić information content (AvgIpc) is 2.57. The molecule has 8 nitrogen and oxygen atoms in total. The fraction of sp³-hybridized carbons (Fsp3) is 0.312. The predicted molar refractivity (Wildman–Crippen MR) is 91.8 cm³/mol. The summed E-state index contributed by atoms with van der Waals surface area (Å²) >= 11 is 0. The lowest BCUT2D eigenvalue weighted by Crippen LogP contribution is -2.28. The van der Waals surface area contributed by atoms with Crippen LogP contribution < -0.4 is 26.0 Å². The number of aromatic nitrogens is 3. The Morgan fingerprint density at radius 1 is 1.25 bits per heavy atom. The molecule has 2 rings (SSSR count). The average molecular weight is 331 g/mol. The number of hydrogen-bond donors (Lipinski definition) is 2. The zero-order chi connectivity index (χ0) is 17.4. The number of nitrogens with zero attached hydrogens (tertiary/aromatic N) is 3. The van der Waals surface area contributed by atoms with Crippen LogP contribution in [-0.2, 0) is 0 Å². The lowest BCUT2D eigenvalue weighted by molar-refractivity contribution is 0.287. The molecule has 24 heavy (non-hydrogen) atoms. The molecule has 0 aliphatic rings. The van der Waals surface area contributed by atoms with E-state index in [1.165, 1.54) is 10.9 Å². The number of hydrazine groups is 1. The summed E-state index contributed by atoms with van der Waals surface area (Å²) in [6.45, 7) is 8.89. The van der Waals surface area contributed by atoms with Gasteiger partial charge >= 0.3 is 5.69 Å². The summed E-state index contributed by atoms with van der Waals surface area (Å²) in [4.78, 5) is 20.2. The van der Waals surface area contributed by atoms with Crippen LogP contribution in [0.2, 0.25) is 0 Å². The number of nitrogens with one attached hydrogen (secondary N) is 2. The van der Waals surface area contributed by atoms with Gasteiger partial charge in [0.15, 0.2) is 11.5 Å². The van der Waals surface area contributed by atoms with Crippen molar-refractivity contribution in [2.24, 2.45) is 0 Å². The molecule has 0 aliphatic carbocycles. The van der Waals surface area contributed by atoms with Gasteiger partial charge in [0, 0.05) is 12.6 Å². The largest absolute Gasteiger partial charge is 0.490 e. The second kappa shape index (κ2) is 8.68. The highest BCUT2D eigenvalue weighted by molar-refractivity contribution is 5.48. The van der Waals surface area contributed by atoms with E-state index in [1.807, 2.05) is 13.8 Å². The SMILES string of the molecule is C=CCNNc1ncn(-c2ccc(OCC)c(OCC)c2)c(=O)n1. The molecule has 1 aromatic heterocycles. The lowest BCUT2D eigenvalue weighted by atomic mass is 10.2.